The van der Waals surface area contributed by atoms with Crippen LogP contribution in [0, 0.1) is 12.7 Å². The second-order valence-corrected chi connectivity index (χ2v) is 8.29. The summed E-state index contributed by atoms with van der Waals surface area (Å²) in [4.78, 5) is 27.5. The first-order chi connectivity index (χ1) is 15.8. The third-order valence-electron chi connectivity index (χ3n) is 5.67. The molecule has 0 aliphatic carbocycles. The molecule has 1 amide bonds. The number of aromatic nitrogens is 4. The molecule has 0 spiro atoms. The molecule has 8 nitrogen and oxygen atoms in total. The van der Waals surface area contributed by atoms with E-state index in [-0.39, 0.29) is 35.4 Å². The van der Waals surface area contributed by atoms with E-state index < -0.39 is 17.5 Å². The van der Waals surface area contributed by atoms with Gasteiger partial charge in [-0.15, -0.1) is 5.10 Å². The molecule has 5 rings (SSSR count). The Labute approximate surface area is 191 Å². The van der Waals surface area contributed by atoms with Crippen molar-refractivity contribution in [3.05, 3.63) is 63.7 Å². The smallest absolute Gasteiger partial charge is 0.327 e. The zero-order chi connectivity index (χ0) is 23.3. The molecule has 0 bridgehead atoms. The van der Waals surface area contributed by atoms with Crippen LogP contribution in [0.4, 0.5) is 8.78 Å². The maximum atomic E-state index is 13.8. The van der Waals surface area contributed by atoms with Gasteiger partial charge in [-0.05, 0) is 30.2 Å². The van der Waals surface area contributed by atoms with Gasteiger partial charge < -0.3 is 13.9 Å². The summed E-state index contributed by atoms with van der Waals surface area (Å²) in [5.74, 6) is -0.583. The van der Waals surface area contributed by atoms with Gasteiger partial charge in [0.25, 0.3) is 5.56 Å². The number of nitrogens with zero attached hydrogens (tertiary/aromatic N) is 5. The standard InChI is InChI=1S/C22H18ClF2N5O3/c1-12-26-27-22(33-12)30-10-15(13-2-3-17(25)16(23)8-13)20-18(30)5-7-29(21(20)32)11-19(31)28-6-4-14(24)9-28/h2-3,5,7-8,10,14H,4,6,9,11H2,1H3. The molecule has 3 aromatic heterocycles. The van der Waals surface area contributed by atoms with E-state index in [0.29, 0.717) is 35.5 Å². The van der Waals surface area contributed by atoms with Crippen molar-refractivity contribution in [1.29, 1.82) is 0 Å². The Morgan fingerprint density at radius 3 is 2.79 bits per heavy atom. The maximum Gasteiger partial charge on any atom is 0.327 e. The van der Waals surface area contributed by atoms with Crippen molar-refractivity contribution < 1.29 is 18.0 Å². The summed E-state index contributed by atoms with van der Waals surface area (Å²) < 4.78 is 35.6. The van der Waals surface area contributed by atoms with E-state index in [4.69, 9.17) is 16.0 Å². The number of carbonyl (C=O) groups excluding carboxylic acids is 1. The average molecular weight is 474 g/mol. The molecule has 1 aromatic carbocycles. The lowest BCUT2D eigenvalue weighted by molar-refractivity contribution is -0.131. The van der Waals surface area contributed by atoms with Crippen LogP contribution >= 0.6 is 11.6 Å². The fourth-order valence-electron chi connectivity index (χ4n) is 4.02. The van der Waals surface area contributed by atoms with Gasteiger partial charge in [0.2, 0.25) is 11.8 Å². The first-order valence-electron chi connectivity index (χ1n) is 10.2. The molecule has 170 valence electrons. The van der Waals surface area contributed by atoms with Crippen molar-refractivity contribution in [2.75, 3.05) is 13.1 Å². The monoisotopic (exact) mass is 473 g/mol. The molecule has 1 saturated heterocycles. The molecule has 33 heavy (non-hydrogen) atoms. The third kappa shape index (κ3) is 3.80. The van der Waals surface area contributed by atoms with Gasteiger partial charge >= 0.3 is 6.01 Å². The number of fused-ring (bicyclic) bond motifs is 1. The molecular formula is C22H18ClF2N5O3. The number of halogens is 3. The molecule has 1 unspecified atom stereocenters. The SMILES string of the molecule is Cc1nnc(-n2cc(-c3ccc(F)c(Cl)c3)c3c(=O)n(CC(=O)N4CCC(F)C4)ccc32)o1. The quantitative estimate of drug-likeness (QED) is 0.452. The zero-order valence-electron chi connectivity index (χ0n) is 17.5. The Kier molecular flexibility index (Phi) is 5.24. The van der Waals surface area contributed by atoms with Gasteiger partial charge in [0.05, 0.1) is 22.5 Å². The minimum atomic E-state index is -1.05. The molecule has 4 aromatic rings. The highest BCUT2D eigenvalue weighted by Crippen LogP contribution is 2.32. The molecule has 1 atom stereocenters. The van der Waals surface area contributed by atoms with Crippen LogP contribution in [-0.2, 0) is 11.3 Å². The molecule has 1 aliphatic rings. The molecule has 0 saturated carbocycles. The Hall–Kier alpha value is -3.53. The largest absolute Gasteiger partial charge is 0.408 e. The van der Waals surface area contributed by atoms with Crippen LogP contribution in [0.3, 0.4) is 0 Å². The fraction of sp³-hybridized carbons (Fsp3) is 0.273. The Bertz CT molecular complexity index is 1440. The zero-order valence-corrected chi connectivity index (χ0v) is 18.2. The lowest BCUT2D eigenvalue weighted by Gasteiger charge is -2.16. The minimum absolute atomic E-state index is 0.0298. The van der Waals surface area contributed by atoms with Gasteiger partial charge in [-0.25, -0.2) is 8.78 Å². The molecule has 0 N–H and O–H groups in total. The van der Waals surface area contributed by atoms with Crippen molar-refractivity contribution in [1.82, 2.24) is 24.2 Å². The number of likely N-dealkylation sites (tertiary alicyclic amines) is 1. The van der Waals surface area contributed by atoms with Crippen molar-refractivity contribution in [2.24, 2.45) is 0 Å². The Balaban J connectivity index is 1.65. The first-order valence-corrected chi connectivity index (χ1v) is 10.6. The van der Waals surface area contributed by atoms with E-state index in [1.165, 1.54) is 33.9 Å². The van der Waals surface area contributed by atoms with Crippen molar-refractivity contribution >= 4 is 28.4 Å². The van der Waals surface area contributed by atoms with Crippen molar-refractivity contribution in [3.8, 4) is 17.1 Å². The number of alkyl halides is 1. The highest BCUT2D eigenvalue weighted by molar-refractivity contribution is 6.31. The van der Waals surface area contributed by atoms with Crippen LogP contribution in [0.25, 0.3) is 28.0 Å². The maximum absolute atomic E-state index is 13.8. The normalized spacial score (nSPS) is 16.1. The number of carbonyl (C=O) groups is 1. The highest BCUT2D eigenvalue weighted by Gasteiger charge is 2.26. The van der Waals surface area contributed by atoms with Gasteiger partial charge in [-0.2, -0.15) is 0 Å². The van der Waals surface area contributed by atoms with E-state index in [2.05, 4.69) is 10.2 Å². The Morgan fingerprint density at radius 1 is 1.30 bits per heavy atom. The van der Waals surface area contributed by atoms with Gasteiger partial charge in [0.15, 0.2) is 0 Å². The summed E-state index contributed by atoms with van der Waals surface area (Å²) >= 11 is 5.98. The van der Waals surface area contributed by atoms with E-state index in [1.54, 1.807) is 23.8 Å². The predicted octanol–water partition coefficient (Wildman–Crippen LogP) is 3.51. The van der Waals surface area contributed by atoms with Gasteiger partial charge in [0, 0.05) is 31.4 Å². The van der Waals surface area contributed by atoms with Crippen molar-refractivity contribution in [2.45, 2.75) is 26.1 Å². The summed E-state index contributed by atoms with van der Waals surface area (Å²) in [6.07, 6.45) is 2.37. The molecule has 1 fully saturated rings. The second-order valence-electron chi connectivity index (χ2n) is 7.88. The van der Waals surface area contributed by atoms with E-state index in [9.17, 15) is 18.4 Å². The predicted molar refractivity (Wildman–Crippen MR) is 117 cm³/mol. The topological polar surface area (TPSA) is 86.2 Å². The summed E-state index contributed by atoms with van der Waals surface area (Å²) in [7, 11) is 0. The molecular weight excluding hydrogens is 456 g/mol. The van der Waals surface area contributed by atoms with Crippen molar-refractivity contribution in [3.63, 3.8) is 0 Å². The summed E-state index contributed by atoms with van der Waals surface area (Å²) in [6, 6.07) is 5.94. The third-order valence-corrected chi connectivity index (χ3v) is 5.96. The number of rotatable bonds is 4. The molecule has 11 heteroatoms. The number of amides is 1. The average Bonchev–Trinajstić information content (AvgIpc) is 3.50. The molecule has 1 aliphatic heterocycles. The summed E-state index contributed by atoms with van der Waals surface area (Å²) in [6.45, 7) is 1.77. The second kappa shape index (κ2) is 8.11. The number of benzene rings is 1. The summed E-state index contributed by atoms with van der Waals surface area (Å²) in [5.41, 5.74) is 0.983. The van der Waals surface area contributed by atoms with Crippen LogP contribution in [0.15, 0.2) is 45.9 Å². The Morgan fingerprint density at radius 2 is 2.12 bits per heavy atom. The molecule has 4 heterocycles. The van der Waals surface area contributed by atoms with Gasteiger partial charge in [-0.1, -0.05) is 22.8 Å². The van der Waals surface area contributed by atoms with Crippen LogP contribution in [0.5, 0.6) is 0 Å². The van der Waals surface area contributed by atoms with Crippen LogP contribution < -0.4 is 5.56 Å². The van der Waals surface area contributed by atoms with Crippen LogP contribution in [-0.4, -0.2) is 49.4 Å². The number of aryl methyl sites for hydroxylation is 1. The van der Waals surface area contributed by atoms with Gasteiger partial charge in [0.1, 0.15) is 18.5 Å². The van der Waals surface area contributed by atoms with E-state index in [1.807, 2.05) is 0 Å². The molecule has 0 radical (unpaired) electrons. The number of hydrogen-bond acceptors (Lipinski definition) is 5. The first kappa shape index (κ1) is 21.3. The lowest BCUT2D eigenvalue weighted by atomic mass is 10.1. The minimum Gasteiger partial charge on any atom is -0.408 e. The number of pyridine rings is 1. The summed E-state index contributed by atoms with van der Waals surface area (Å²) in [5, 5.41) is 8.03. The van der Waals surface area contributed by atoms with E-state index >= 15 is 0 Å². The highest BCUT2D eigenvalue weighted by atomic mass is 35.5. The van der Waals surface area contributed by atoms with Crippen LogP contribution in [0.1, 0.15) is 12.3 Å². The lowest BCUT2D eigenvalue weighted by Crippen LogP contribution is -2.35. The van der Waals surface area contributed by atoms with Crippen LogP contribution in [0.2, 0.25) is 5.02 Å². The van der Waals surface area contributed by atoms with E-state index in [0.717, 1.165) is 0 Å². The fourth-order valence-corrected chi connectivity index (χ4v) is 4.20. The number of hydrogen-bond donors (Lipinski definition) is 0. The van der Waals surface area contributed by atoms with Gasteiger partial charge in [-0.3, -0.25) is 14.2 Å².